The van der Waals surface area contributed by atoms with E-state index >= 15 is 0 Å². The largest absolute Gasteiger partial charge is 0.375 e. The van der Waals surface area contributed by atoms with Crippen molar-refractivity contribution in [3.05, 3.63) is 46.5 Å². The number of nitrogens with zero attached hydrogens (tertiary/aromatic N) is 1. The van der Waals surface area contributed by atoms with Gasteiger partial charge in [-0.1, -0.05) is 40.2 Å². The monoisotopic (exact) mass is 353 g/mol. The van der Waals surface area contributed by atoms with Crippen LogP contribution < -0.4 is 11.2 Å². The van der Waals surface area contributed by atoms with E-state index in [4.69, 9.17) is 18.0 Å². The van der Waals surface area contributed by atoms with E-state index in [-0.39, 0.29) is 11.0 Å². The molecule has 0 aliphatic heterocycles. The molecule has 1 fully saturated rings. The van der Waals surface area contributed by atoms with E-state index < -0.39 is 5.41 Å². The minimum absolute atomic E-state index is 0.0179. The Hall–Kier alpha value is -1.24. The van der Waals surface area contributed by atoms with E-state index in [0.717, 1.165) is 15.6 Å². The Bertz CT molecular complexity index is 580. The summed E-state index contributed by atoms with van der Waals surface area (Å²) in [6, 6.07) is 7.75. The molecule has 0 spiro atoms. The van der Waals surface area contributed by atoms with Gasteiger partial charge in [-0.15, -0.1) is 0 Å². The molecular weight excluding hydrogens is 338 g/mol. The van der Waals surface area contributed by atoms with Gasteiger partial charge in [0, 0.05) is 11.5 Å². The zero-order valence-electron chi connectivity index (χ0n) is 11.1. The fraction of sp³-hybridized carbons (Fsp3) is 0.286. The van der Waals surface area contributed by atoms with Crippen molar-refractivity contribution in [1.82, 2.24) is 10.4 Å². The summed E-state index contributed by atoms with van der Waals surface area (Å²) >= 11 is 8.37. The quantitative estimate of drug-likeness (QED) is 0.497. The number of hydrogen-bond acceptors (Lipinski definition) is 3. The number of nitrogens with one attached hydrogen (secondary N) is 1. The van der Waals surface area contributed by atoms with Crippen LogP contribution in [-0.4, -0.2) is 23.1 Å². The van der Waals surface area contributed by atoms with E-state index in [1.807, 2.05) is 24.3 Å². The first-order chi connectivity index (χ1) is 9.40. The molecule has 3 N–H and O–H groups in total. The lowest BCUT2D eigenvalue weighted by Gasteiger charge is -2.44. The number of carbonyl (C=O) groups excluding carboxylic acids is 1. The molecule has 0 saturated heterocycles. The van der Waals surface area contributed by atoms with Crippen LogP contribution in [0, 0.1) is 0 Å². The molecule has 2 rings (SSSR count). The van der Waals surface area contributed by atoms with E-state index in [0.29, 0.717) is 12.8 Å². The van der Waals surface area contributed by atoms with Crippen LogP contribution in [0.2, 0.25) is 0 Å². The second kappa shape index (κ2) is 5.63. The third kappa shape index (κ3) is 2.51. The smallest absolute Gasteiger partial charge is 0.254 e. The predicted octanol–water partition coefficient (Wildman–Crippen LogP) is 2.24. The van der Waals surface area contributed by atoms with Crippen LogP contribution >= 0.6 is 28.1 Å². The van der Waals surface area contributed by atoms with E-state index in [1.165, 1.54) is 5.01 Å². The third-order valence-electron chi connectivity index (χ3n) is 3.54. The van der Waals surface area contributed by atoms with Gasteiger partial charge >= 0.3 is 0 Å². The Morgan fingerprint density at radius 1 is 1.55 bits per heavy atom. The van der Waals surface area contributed by atoms with Crippen LogP contribution in [0.3, 0.4) is 0 Å². The van der Waals surface area contributed by atoms with Gasteiger partial charge in [-0.25, -0.2) is 10.4 Å². The van der Waals surface area contributed by atoms with E-state index in [9.17, 15) is 4.79 Å². The first-order valence-electron chi connectivity index (χ1n) is 6.15. The standard InChI is InChI=1S/C14H16BrN3OS/c1-9-7-14(8-9,10-4-3-5-11(15)6-10)12(19)18(17-2)13(16)20/h3-6,17H,1,7-8H2,2H3,(H2,16,20). The van der Waals surface area contributed by atoms with Crippen molar-refractivity contribution in [2.24, 2.45) is 5.73 Å². The molecule has 1 saturated carbocycles. The molecule has 4 nitrogen and oxygen atoms in total. The number of hydrazine groups is 1. The molecule has 0 aromatic heterocycles. The molecule has 0 bridgehead atoms. The second-order valence-electron chi connectivity index (χ2n) is 4.90. The fourth-order valence-electron chi connectivity index (χ4n) is 2.59. The first-order valence-corrected chi connectivity index (χ1v) is 7.35. The van der Waals surface area contributed by atoms with Crippen molar-refractivity contribution in [2.75, 3.05) is 7.05 Å². The topological polar surface area (TPSA) is 58.4 Å². The normalized spacial score (nSPS) is 16.4. The molecule has 20 heavy (non-hydrogen) atoms. The SMILES string of the molecule is C=C1CC(C(=O)N(NC)C(N)=S)(c2cccc(Br)c2)C1. The molecule has 1 aromatic rings. The predicted molar refractivity (Wildman–Crippen MR) is 86.9 cm³/mol. The van der Waals surface area contributed by atoms with Crippen LogP contribution in [0.15, 0.2) is 40.9 Å². The lowest BCUT2D eigenvalue weighted by atomic mass is 9.61. The van der Waals surface area contributed by atoms with E-state index in [1.54, 1.807) is 7.05 Å². The van der Waals surface area contributed by atoms with Gasteiger partial charge in [-0.2, -0.15) is 0 Å². The number of benzene rings is 1. The lowest BCUT2D eigenvalue weighted by Crippen LogP contribution is -2.58. The summed E-state index contributed by atoms with van der Waals surface area (Å²) < 4.78 is 0.936. The molecule has 1 amide bonds. The van der Waals surface area contributed by atoms with Crippen molar-refractivity contribution in [3.63, 3.8) is 0 Å². The summed E-state index contributed by atoms with van der Waals surface area (Å²) in [7, 11) is 1.62. The van der Waals surface area contributed by atoms with Crippen molar-refractivity contribution in [2.45, 2.75) is 18.3 Å². The first kappa shape index (κ1) is 15.2. The van der Waals surface area contributed by atoms with E-state index in [2.05, 4.69) is 27.9 Å². The van der Waals surface area contributed by atoms with Gasteiger partial charge in [0.05, 0.1) is 5.41 Å². The molecule has 0 unspecified atom stereocenters. The summed E-state index contributed by atoms with van der Waals surface area (Å²) in [5, 5.41) is 1.24. The number of thiocarbonyl (C=S) groups is 1. The number of amides is 1. The van der Waals surface area contributed by atoms with Crippen molar-refractivity contribution in [3.8, 4) is 0 Å². The average Bonchev–Trinajstić information content (AvgIpc) is 2.34. The molecular formula is C14H16BrN3OS. The van der Waals surface area contributed by atoms with Gasteiger partial charge in [0.1, 0.15) is 0 Å². The highest BCUT2D eigenvalue weighted by atomic mass is 79.9. The van der Waals surface area contributed by atoms with Gasteiger partial charge in [0.2, 0.25) is 0 Å². The van der Waals surface area contributed by atoms with Crippen molar-refractivity contribution in [1.29, 1.82) is 0 Å². The molecule has 1 aliphatic carbocycles. The lowest BCUT2D eigenvalue weighted by molar-refractivity contribution is -0.137. The Morgan fingerprint density at radius 3 is 2.65 bits per heavy atom. The highest BCUT2D eigenvalue weighted by Crippen LogP contribution is 2.48. The zero-order valence-corrected chi connectivity index (χ0v) is 13.6. The van der Waals surface area contributed by atoms with Crippen LogP contribution in [0.5, 0.6) is 0 Å². The summed E-state index contributed by atoms with van der Waals surface area (Å²) in [6.07, 6.45) is 1.23. The van der Waals surface area contributed by atoms with Gasteiger partial charge < -0.3 is 5.73 Å². The summed E-state index contributed by atoms with van der Waals surface area (Å²) in [4.78, 5) is 12.8. The zero-order chi connectivity index (χ0) is 14.9. The number of nitrogens with two attached hydrogens (primary N) is 1. The highest BCUT2D eigenvalue weighted by molar-refractivity contribution is 9.10. The van der Waals surface area contributed by atoms with Gasteiger partial charge in [0.15, 0.2) is 5.11 Å². The maximum absolute atomic E-state index is 12.8. The Morgan fingerprint density at radius 2 is 2.20 bits per heavy atom. The maximum atomic E-state index is 12.8. The Kier molecular flexibility index (Phi) is 4.27. The molecule has 0 atom stereocenters. The minimum atomic E-state index is -0.632. The van der Waals surface area contributed by atoms with Gasteiger partial charge in [0.25, 0.3) is 5.91 Å². The molecule has 1 aromatic carbocycles. The maximum Gasteiger partial charge on any atom is 0.254 e. The molecule has 1 aliphatic rings. The highest BCUT2D eigenvalue weighted by Gasteiger charge is 2.50. The van der Waals surface area contributed by atoms with Crippen LogP contribution in [-0.2, 0) is 10.2 Å². The molecule has 0 radical (unpaired) electrons. The Labute approximate surface area is 132 Å². The molecule has 6 heteroatoms. The number of hydrogen-bond donors (Lipinski definition) is 2. The molecule has 0 heterocycles. The summed E-state index contributed by atoms with van der Waals surface area (Å²) in [6.45, 7) is 3.95. The number of halogens is 1. The van der Waals surface area contributed by atoms with Crippen LogP contribution in [0.25, 0.3) is 0 Å². The number of carbonyl (C=O) groups is 1. The van der Waals surface area contributed by atoms with Crippen molar-refractivity contribution < 1.29 is 4.79 Å². The van der Waals surface area contributed by atoms with Gasteiger partial charge in [-0.05, 0) is 42.8 Å². The minimum Gasteiger partial charge on any atom is -0.375 e. The van der Waals surface area contributed by atoms with Gasteiger partial charge in [-0.3, -0.25) is 4.79 Å². The van der Waals surface area contributed by atoms with Crippen molar-refractivity contribution >= 4 is 39.2 Å². The summed E-state index contributed by atoms with van der Waals surface area (Å²) in [5.74, 6) is -0.141. The fourth-order valence-corrected chi connectivity index (χ4v) is 3.17. The number of allylic oxidation sites excluding steroid dienone is 1. The Balaban J connectivity index is 2.43. The third-order valence-corrected chi connectivity index (χ3v) is 4.21. The van der Waals surface area contributed by atoms with Crippen LogP contribution in [0.4, 0.5) is 0 Å². The second-order valence-corrected chi connectivity index (χ2v) is 6.23. The number of rotatable bonds is 3. The summed E-state index contributed by atoms with van der Waals surface area (Å²) in [5.41, 5.74) is 9.73. The average molecular weight is 354 g/mol. The van der Waals surface area contributed by atoms with Crippen LogP contribution in [0.1, 0.15) is 18.4 Å². The molecule has 106 valence electrons.